The Kier molecular flexibility index (Phi) is 4.37. The van der Waals surface area contributed by atoms with Gasteiger partial charge in [0.1, 0.15) is 16.9 Å². The van der Waals surface area contributed by atoms with Crippen LogP contribution in [-0.2, 0) is 0 Å². The maximum atomic E-state index is 12.8. The number of nitro groups is 1. The second-order valence-corrected chi connectivity index (χ2v) is 7.45. The highest BCUT2D eigenvalue weighted by atomic mass is 16.6. The van der Waals surface area contributed by atoms with Gasteiger partial charge in [-0.3, -0.25) is 19.7 Å². The van der Waals surface area contributed by atoms with Crippen molar-refractivity contribution in [1.29, 1.82) is 0 Å². The van der Waals surface area contributed by atoms with Crippen molar-refractivity contribution in [3.63, 3.8) is 0 Å². The molecule has 2 heterocycles. The summed E-state index contributed by atoms with van der Waals surface area (Å²) in [6, 6.07) is 11.6. The van der Waals surface area contributed by atoms with Gasteiger partial charge in [0.05, 0.1) is 16.9 Å². The molecule has 0 unspecified atom stereocenters. The second kappa shape index (κ2) is 6.74. The molecule has 0 saturated carbocycles. The summed E-state index contributed by atoms with van der Waals surface area (Å²) in [6.45, 7) is 2.71. The van der Waals surface area contributed by atoms with Crippen LogP contribution in [-0.4, -0.2) is 40.2 Å². The molecule has 2 aromatic rings. The van der Waals surface area contributed by atoms with Crippen molar-refractivity contribution >= 4 is 17.4 Å². The summed E-state index contributed by atoms with van der Waals surface area (Å²) in [5.41, 5.74) is 0.908. The Morgan fingerprint density at radius 1 is 1.18 bits per heavy atom. The molecule has 4 rings (SSSR count). The third-order valence-electron chi connectivity index (χ3n) is 5.54. The maximum Gasteiger partial charge on any atom is 0.282 e. The monoisotopic (exact) mass is 380 g/mol. The minimum atomic E-state index is -0.612. The van der Waals surface area contributed by atoms with Gasteiger partial charge in [-0.25, -0.2) is 0 Å². The number of nitrogens with zero attached hydrogens (tertiary/aromatic N) is 2. The Labute approximate surface area is 162 Å². The molecule has 1 spiro atoms. The number of benzene rings is 2. The lowest BCUT2D eigenvalue weighted by Crippen LogP contribution is -2.52. The number of ketones is 1. The first kappa shape index (κ1) is 18.2. The number of carbonyl (C=O) groups excluding carboxylic acids is 2. The number of fused-ring (bicyclic) bond motifs is 1. The smallest absolute Gasteiger partial charge is 0.282 e. The Hall–Kier alpha value is -3.22. The van der Waals surface area contributed by atoms with Crippen LogP contribution in [0, 0.1) is 17.0 Å². The molecule has 28 heavy (non-hydrogen) atoms. The number of likely N-dealkylation sites (tertiary alicyclic amines) is 1. The number of rotatable bonds is 2. The second-order valence-electron chi connectivity index (χ2n) is 7.45. The highest BCUT2D eigenvalue weighted by molar-refractivity contribution is 6.01. The number of ether oxygens (including phenoxy) is 1. The maximum absolute atomic E-state index is 12.8. The summed E-state index contributed by atoms with van der Waals surface area (Å²) in [6.07, 6.45) is 1.31. The van der Waals surface area contributed by atoms with Crippen molar-refractivity contribution in [3.8, 4) is 5.75 Å². The van der Waals surface area contributed by atoms with Gasteiger partial charge in [-0.2, -0.15) is 0 Å². The van der Waals surface area contributed by atoms with Crippen molar-refractivity contribution in [2.45, 2.75) is 31.8 Å². The lowest BCUT2D eigenvalue weighted by molar-refractivity contribution is -0.385. The first-order valence-corrected chi connectivity index (χ1v) is 9.24. The molecule has 2 aliphatic heterocycles. The van der Waals surface area contributed by atoms with Crippen LogP contribution in [0.4, 0.5) is 5.69 Å². The SMILES string of the molecule is Cc1ccc2c(c1)C(=O)CC1(CCN(C(=O)c3ccccc3[N+](=O)[O-])CC1)O2. The number of hydrogen-bond acceptors (Lipinski definition) is 5. The minimum Gasteiger partial charge on any atom is -0.486 e. The Morgan fingerprint density at radius 2 is 1.89 bits per heavy atom. The van der Waals surface area contributed by atoms with E-state index in [-0.39, 0.29) is 29.4 Å². The van der Waals surface area contributed by atoms with E-state index in [1.807, 2.05) is 25.1 Å². The number of hydrogen-bond donors (Lipinski definition) is 0. The molecule has 1 saturated heterocycles. The average molecular weight is 380 g/mol. The number of amides is 1. The first-order chi connectivity index (χ1) is 13.4. The topological polar surface area (TPSA) is 89.8 Å². The van der Waals surface area contributed by atoms with Gasteiger partial charge in [-0.05, 0) is 25.1 Å². The molecule has 2 aliphatic rings. The number of Topliss-reactive ketones (excluding diaryl/α,β-unsaturated/α-hetero) is 1. The van der Waals surface area contributed by atoms with Gasteiger partial charge in [0.25, 0.3) is 11.6 Å². The third kappa shape index (κ3) is 3.13. The third-order valence-corrected chi connectivity index (χ3v) is 5.54. The van der Waals surface area contributed by atoms with Crippen LogP contribution in [0.3, 0.4) is 0 Å². The van der Waals surface area contributed by atoms with Crippen molar-refractivity contribution in [2.75, 3.05) is 13.1 Å². The zero-order valence-electron chi connectivity index (χ0n) is 15.5. The van der Waals surface area contributed by atoms with Gasteiger partial charge < -0.3 is 9.64 Å². The van der Waals surface area contributed by atoms with E-state index < -0.39 is 10.5 Å². The van der Waals surface area contributed by atoms with Crippen LogP contribution in [0.15, 0.2) is 42.5 Å². The normalized spacial score (nSPS) is 17.8. The molecule has 0 aliphatic carbocycles. The van der Waals surface area contributed by atoms with Crippen molar-refractivity contribution in [3.05, 3.63) is 69.3 Å². The summed E-state index contributed by atoms with van der Waals surface area (Å²) in [5, 5.41) is 11.2. The zero-order valence-corrected chi connectivity index (χ0v) is 15.5. The van der Waals surface area contributed by atoms with E-state index in [4.69, 9.17) is 4.74 Å². The molecule has 2 aromatic carbocycles. The van der Waals surface area contributed by atoms with Gasteiger partial charge in [0.15, 0.2) is 5.78 Å². The van der Waals surface area contributed by atoms with E-state index in [9.17, 15) is 19.7 Å². The molecule has 1 amide bonds. The predicted octanol–water partition coefficient (Wildman–Crippen LogP) is 3.54. The van der Waals surface area contributed by atoms with Crippen molar-refractivity contribution in [2.24, 2.45) is 0 Å². The molecule has 1 fully saturated rings. The van der Waals surface area contributed by atoms with Gasteiger partial charge in [0.2, 0.25) is 0 Å². The van der Waals surface area contributed by atoms with E-state index in [0.29, 0.717) is 37.2 Å². The largest absolute Gasteiger partial charge is 0.486 e. The molecule has 0 atom stereocenters. The fraction of sp³-hybridized carbons (Fsp3) is 0.333. The van der Waals surface area contributed by atoms with Crippen LogP contribution >= 0.6 is 0 Å². The van der Waals surface area contributed by atoms with Gasteiger partial charge in [-0.1, -0.05) is 23.8 Å². The van der Waals surface area contributed by atoms with Gasteiger partial charge in [0, 0.05) is 32.0 Å². The molecule has 0 bridgehead atoms. The quantitative estimate of drug-likeness (QED) is 0.587. The molecule has 0 aromatic heterocycles. The lowest BCUT2D eigenvalue weighted by atomic mass is 9.82. The van der Waals surface area contributed by atoms with E-state index >= 15 is 0 Å². The molecule has 0 radical (unpaired) electrons. The molecule has 7 heteroatoms. The number of nitro benzene ring substituents is 1. The molecular weight excluding hydrogens is 360 g/mol. The molecule has 144 valence electrons. The van der Waals surface area contributed by atoms with Gasteiger partial charge >= 0.3 is 0 Å². The summed E-state index contributed by atoms with van der Waals surface area (Å²) < 4.78 is 6.21. The highest BCUT2D eigenvalue weighted by Gasteiger charge is 2.44. The van der Waals surface area contributed by atoms with Crippen molar-refractivity contribution in [1.82, 2.24) is 4.90 Å². The number of para-hydroxylation sites is 1. The van der Waals surface area contributed by atoms with Crippen LogP contribution in [0.25, 0.3) is 0 Å². The van der Waals surface area contributed by atoms with Gasteiger partial charge in [-0.15, -0.1) is 0 Å². The Bertz CT molecular complexity index is 977. The Balaban J connectivity index is 1.51. The predicted molar refractivity (Wildman–Crippen MR) is 102 cm³/mol. The standard InChI is InChI=1S/C21H20N2O5/c1-14-6-7-19-16(12-14)18(24)13-21(28-19)8-10-22(11-9-21)20(25)15-4-2-3-5-17(15)23(26)27/h2-7,12H,8-11,13H2,1H3. The first-order valence-electron chi connectivity index (χ1n) is 9.24. The van der Waals surface area contributed by atoms with E-state index in [1.165, 1.54) is 12.1 Å². The van der Waals surface area contributed by atoms with E-state index in [0.717, 1.165) is 5.56 Å². The highest BCUT2D eigenvalue weighted by Crippen LogP contribution is 2.40. The summed E-state index contributed by atoms with van der Waals surface area (Å²) in [7, 11) is 0. The number of aryl methyl sites for hydroxylation is 1. The van der Waals surface area contributed by atoms with Crippen molar-refractivity contribution < 1.29 is 19.2 Å². The summed E-state index contributed by atoms with van der Waals surface area (Å²) >= 11 is 0. The van der Waals surface area contributed by atoms with Crippen LogP contribution in [0.2, 0.25) is 0 Å². The zero-order chi connectivity index (χ0) is 19.9. The van der Waals surface area contributed by atoms with Crippen LogP contribution in [0.5, 0.6) is 5.75 Å². The minimum absolute atomic E-state index is 0.0587. The molecular formula is C21H20N2O5. The number of carbonyl (C=O) groups is 2. The number of piperidine rings is 1. The Morgan fingerprint density at radius 3 is 2.61 bits per heavy atom. The van der Waals surface area contributed by atoms with E-state index in [2.05, 4.69) is 0 Å². The molecule has 0 N–H and O–H groups in total. The lowest BCUT2D eigenvalue weighted by Gasteiger charge is -2.44. The fourth-order valence-corrected chi connectivity index (χ4v) is 3.99. The summed E-state index contributed by atoms with van der Waals surface area (Å²) in [4.78, 5) is 37.7. The molecule has 7 nitrogen and oxygen atoms in total. The van der Waals surface area contributed by atoms with E-state index in [1.54, 1.807) is 17.0 Å². The van der Waals surface area contributed by atoms with Crippen LogP contribution < -0.4 is 4.74 Å². The summed E-state index contributed by atoms with van der Waals surface area (Å²) in [5.74, 6) is 0.295. The average Bonchev–Trinajstić information content (AvgIpc) is 2.69. The fourth-order valence-electron chi connectivity index (χ4n) is 3.99. The van der Waals surface area contributed by atoms with Crippen LogP contribution in [0.1, 0.15) is 45.5 Å².